The lowest BCUT2D eigenvalue weighted by Crippen LogP contribution is -2.28. The molecule has 0 atom stereocenters. The molecule has 0 amide bonds. The lowest BCUT2D eigenvalue weighted by molar-refractivity contribution is 0.653. The van der Waals surface area contributed by atoms with Gasteiger partial charge in [-0.1, -0.05) is 83.0 Å². The van der Waals surface area contributed by atoms with Crippen molar-refractivity contribution in [1.29, 1.82) is 0 Å². The average molecular weight is 691 g/mol. The average Bonchev–Trinajstić information content (AvgIpc) is 3.02. The van der Waals surface area contributed by atoms with E-state index in [0.717, 1.165) is 106 Å². The van der Waals surface area contributed by atoms with Gasteiger partial charge in [-0.3, -0.25) is 0 Å². The second-order valence-electron chi connectivity index (χ2n) is 10.9. The van der Waals surface area contributed by atoms with Crippen LogP contribution in [0.4, 0.5) is 23.3 Å². The van der Waals surface area contributed by atoms with Gasteiger partial charge in [0.15, 0.2) is 10.3 Å². The van der Waals surface area contributed by atoms with Crippen molar-refractivity contribution in [3.8, 4) is 0 Å². The summed E-state index contributed by atoms with van der Waals surface area (Å²) < 4.78 is 0.926. The van der Waals surface area contributed by atoms with Crippen LogP contribution in [0.1, 0.15) is 84.6 Å². The Hall–Kier alpha value is -2.42. The van der Waals surface area contributed by atoms with Gasteiger partial charge in [-0.2, -0.15) is 19.9 Å². The number of H-pyrrole nitrogens is 2. The number of rotatable bonds is 22. The monoisotopic (exact) mass is 690 g/mol. The van der Waals surface area contributed by atoms with Gasteiger partial charge >= 0.3 is 0 Å². The summed E-state index contributed by atoms with van der Waals surface area (Å²) in [6.07, 6.45) is 9.01. The minimum absolute atomic E-state index is 0.463. The number of thioether (sulfide) groups is 2. The van der Waals surface area contributed by atoms with Crippen LogP contribution in [0.3, 0.4) is 0 Å². The van der Waals surface area contributed by atoms with Crippen LogP contribution in [0.15, 0.2) is 28.5 Å². The smallest absolute Gasteiger partial charge is 0.207 e. The molecule has 3 aromatic rings. The highest BCUT2D eigenvalue weighted by Crippen LogP contribution is 2.24. The quantitative estimate of drug-likeness (QED) is 0.0459. The first kappa shape index (κ1) is 37.0. The third-order valence-corrected chi connectivity index (χ3v) is 8.98. The van der Waals surface area contributed by atoms with Gasteiger partial charge in [0.1, 0.15) is 0 Å². The summed E-state index contributed by atoms with van der Waals surface area (Å²) in [5, 5.41) is 8.38. The van der Waals surface area contributed by atoms with Crippen LogP contribution in [-0.2, 0) is 0 Å². The highest BCUT2D eigenvalue weighted by molar-refractivity contribution is 7.99. The van der Waals surface area contributed by atoms with E-state index in [9.17, 15) is 0 Å². The van der Waals surface area contributed by atoms with Crippen molar-refractivity contribution in [2.45, 2.75) is 96.3 Å². The van der Waals surface area contributed by atoms with Crippen molar-refractivity contribution in [3.63, 3.8) is 0 Å². The molecule has 0 fully saturated rings. The highest BCUT2D eigenvalue weighted by Gasteiger charge is 2.12. The molecule has 4 N–H and O–H groups in total. The molecule has 10 nitrogen and oxygen atoms in total. The van der Waals surface area contributed by atoms with Crippen LogP contribution in [0, 0.1) is 16.5 Å². The van der Waals surface area contributed by atoms with Crippen molar-refractivity contribution in [2.24, 2.45) is 0 Å². The molecule has 0 aliphatic carbocycles. The minimum atomic E-state index is 0.463. The van der Waals surface area contributed by atoms with E-state index < -0.39 is 0 Å². The first-order valence-electron chi connectivity index (χ1n) is 16.2. The van der Waals surface area contributed by atoms with Gasteiger partial charge in [-0.15, -0.1) is 0 Å². The van der Waals surface area contributed by atoms with E-state index >= 15 is 0 Å². The first-order valence-corrected chi connectivity index (χ1v) is 19.0. The van der Waals surface area contributed by atoms with Gasteiger partial charge in [-0.05, 0) is 74.7 Å². The number of nitrogens with zero attached hydrogens (tertiary/aromatic N) is 6. The van der Waals surface area contributed by atoms with Crippen LogP contribution >= 0.6 is 48.0 Å². The topological polar surface area (TPSA) is 114 Å². The standard InChI is InChI=1S/C31H50N10S4/c1-6-10-16-40(17-11-7-2)26-34-28(42)38-30(36-26)44-21-32-24-15-14-23(5)25(20-24)33-22-45-31-37-27(35-29(43)39-31)41(18-12-8-3)19-13-9-4/h14-15,20,32-33H,6-13,16-19,21-22H2,1-5H3,(H,34,36,38,42)(H,35,37,39,43). The molecule has 45 heavy (non-hydrogen) atoms. The largest absolute Gasteiger partial charge is 0.375 e. The second-order valence-corrected chi connectivity index (χ2v) is 13.5. The molecule has 0 saturated carbocycles. The fourth-order valence-corrected chi connectivity index (χ4v) is 6.27. The zero-order chi connectivity index (χ0) is 32.4. The molecule has 0 bridgehead atoms. The summed E-state index contributed by atoms with van der Waals surface area (Å²) >= 11 is 14.0. The summed E-state index contributed by atoms with van der Waals surface area (Å²) in [5.74, 6) is 2.85. The van der Waals surface area contributed by atoms with Crippen molar-refractivity contribution in [2.75, 3.05) is 58.4 Å². The number of aryl methyl sites for hydroxylation is 1. The molecule has 2 aromatic heterocycles. The number of nitrogens with one attached hydrogen (secondary N) is 4. The molecule has 0 spiro atoms. The van der Waals surface area contributed by atoms with E-state index in [4.69, 9.17) is 34.4 Å². The van der Waals surface area contributed by atoms with E-state index in [1.54, 1.807) is 23.5 Å². The summed E-state index contributed by atoms with van der Waals surface area (Å²) in [6.45, 7) is 14.8. The van der Waals surface area contributed by atoms with Gasteiger partial charge in [0.25, 0.3) is 0 Å². The number of hydrogen-bond acceptors (Lipinski definition) is 12. The number of benzene rings is 1. The SMILES string of the molecule is CCCCN(CCCC)c1nc(SCNc2ccc(C)c(NCSc3nc(N(CCCC)CCCC)[nH]c(=S)n3)c2)nc(=S)[nH]1. The van der Waals surface area contributed by atoms with E-state index in [2.05, 4.69) is 93.2 Å². The Balaban J connectivity index is 1.59. The van der Waals surface area contributed by atoms with Crippen molar-refractivity contribution >= 4 is 71.2 Å². The molecule has 14 heteroatoms. The second kappa shape index (κ2) is 20.7. The van der Waals surface area contributed by atoms with Gasteiger partial charge < -0.3 is 30.4 Å². The predicted octanol–water partition coefficient (Wildman–Crippen LogP) is 8.83. The summed E-state index contributed by atoms with van der Waals surface area (Å²) in [5.41, 5.74) is 3.22. The maximum atomic E-state index is 5.45. The van der Waals surface area contributed by atoms with E-state index in [1.807, 2.05) is 0 Å². The Labute approximate surface area is 287 Å². The minimum Gasteiger partial charge on any atom is -0.375 e. The molecule has 0 aliphatic heterocycles. The number of anilines is 4. The lowest BCUT2D eigenvalue weighted by Gasteiger charge is -2.23. The van der Waals surface area contributed by atoms with Crippen molar-refractivity contribution < 1.29 is 0 Å². The summed E-state index contributed by atoms with van der Waals surface area (Å²) in [4.78, 5) is 29.5. The Bertz CT molecular complexity index is 1400. The number of aromatic nitrogens is 6. The molecule has 0 radical (unpaired) electrons. The predicted molar refractivity (Wildman–Crippen MR) is 198 cm³/mol. The van der Waals surface area contributed by atoms with Crippen LogP contribution in [0.25, 0.3) is 0 Å². The van der Waals surface area contributed by atoms with E-state index in [0.29, 0.717) is 31.6 Å². The molecular formula is C31H50N10S4. The van der Waals surface area contributed by atoms with Crippen LogP contribution in [0.5, 0.6) is 0 Å². The Morgan fingerprint density at radius 1 is 0.667 bits per heavy atom. The van der Waals surface area contributed by atoms with E-state index in [1.165, 1.54) is 0 Å². The van der Waals surface area contributed by atoms with Gasteiger partial charge in [-0.25, -0.2) is 0 Å². The summed E-state index contributed by atoms with van der Waals surface area (Å²) in [7, 11) is 0. The Kier molecular flexibility index (Phi) is 17.0. The van der Waals surface area contributed by atoms with Crippen LogP contribution in [0.2, 0.25) is 0 Å². The number of unbranched alkanes of at least 4 members (excludes halogenated alkanes) is 4. The van der Waals surface area contributed by atoms with Gasteiger partial charge in [0.05, 0.1) is 11.8 Å². The zero-order valence-corrected chi connectivity index (χ0v) is 30.7. The molecular weight excluding hydrogens is 641 g/mol. The fourth-order valence-electron chi connectivity index (χ4n) is 4.46. The Morgan fingerprint density at radius 2 is 1.11 bits per heavy atom. The van der Waals surface area contributed by atoms with Crippen LogP contribution in [-0.4, -0.2) is 67.8 Å². The van der Waals surface area contributed by atoms with Crippen molar-refractivity contribution in [1.82, 2.24) is 29.9 Å². The molecule has 0 saturated heterocycles. The number of aromatic amines is 2. The highest BCUT2D eigenvalue weighted by atomic mass is 32.2. The Morgan fingerprint density at radius 3 is 1.56 bits per heavy atom. The molecule has 248 valence electrons. The third-order valence-electron chi connectivity index (χ3n) is 7.14. The first-order chi connectivity index (χ1) is 21.9. The van der Waals surface area contributed by atoms with Crippen molar-refractivity contribution in [3.05, 3.63) is 33.3 Å². The van der Waals surface area contributed by atoms with Gasteiger partial charge in [0, 0.05) is 37.6 Å². The van der Waals surface area contributed by atoms with Gasteiger partial charge in [0.2, 0.25) is 21.4 Å². The molecule has 0 unspecified atom stereocenters. The normalized spacial score (nSPS) is 11.0. The van der Waals surface area contributed by atoms with Crippen LogP contribution < -0.4 is 20.4 Å². The lowest BCUT2D eigenvalue weighted by atomic mass is 10.2. The maximum Gasteiger partial charge on any atom is 0.207 e. The molecule has 2 heterocycles. The zero-order valence-electron chi connectivity index (χ0n) is 27.4. The number of hydrogen-bond donors (Lipinski definition) is 4. The van der Waals surface area contributed by atoms with E-state index in [-0.39, 0.29) is 0 Å². The maximum absolute atomic E-state index is 5.45. The molecule has 1 aromatic carbocycles. The summed E-state index contributed by atoms with van der Waals surface area (Å²) in [6, 6.07) is 6.32. The molecule has 0 aliphatic rings. The fraction of sp³-hybridized carbons (Fsp3) is 0.613. The third kappa shape index (κ3) is 13.1. The molecule has 3 rings (SSSR count).